The number of nitrogens with zero attached hydrogens (tertiary/aromatic N) is 3. The third-order valence-corrected chi connectivity index (χ3v) is 3.93. The summed E-state index contributed by atoms with van der Waals surface area (Å²) in [6.45, 7) is 3.55. The number of hydrogen-bond donors (Lipinski definition) is 1. The first-order valence-electron chi connectivity index (χ1n) is 7.69. The van der Waals surface area contributed by atoms with E-state index in [1.807, 2.05) is 36.1 Å². The minimum absolute atomic E-state index is 0.0309. The quantitative estimate of drug-likeness (QED) is 0.686. The van der Waals surface area contributed by atoms with Crippen molar-refractivity contribution in [2.45, 2.75) is 19.8 Å². The Kier molecular flexibility index (Phi) is 4.41. The maximum atomic E-state index is 11.6. The monoisotopic (exact) mass is 311 g/mol. The lowest BCUT2D eigenvalue weighted by atomic mass is 10.1. The number of nitrogens with one attached hydrogen (secondary N) is 1. The molecule has 0 bridgehead atoms. The van der Waals surface area contributed by atoms with Gasteiger partial charge in [-0.25, -0.2) is 4.98 Å². The van der Waals surface area contributed by atoms with E-state index in [1.54, 1.807) is 12.3 Å². The Balaban J connectivity index is 1.95. The highest BCUT2D eigenvalue weighted by atomic mass is 16.6. The highest BCUT2D eigenvalue weighted by Crippen LogP contribution is 2.36. The van der Waals surface area contributed by atoms with Gasteiger partial charge in [-0.1, -0.05) is 17.7 Å². The SMILES string of the molecule is Cc1ccc(Nc2nccc(N3C[CH]CCC3)c2[N+](=O)[O-])cc1. The van der Waals surface area contributed by atoms with E-state index in [1.165, 1.54) is 0 Å². The molecule has 23 heavy (non-hydrogen) atoms. The van der Waals surface area contributed by atoms with Gasteiger partial charge < -0.3 is 10.2 Å². The fraction of sp³-hybridized carbons (Fsp3) is 0.294. The number of nitro groups is 1. The van der Waals surface area contributed by atoms with E-state index in [2.05, 4.69) is 16.7 Å². The van der Waals surface area contributed by atoms with E-state index in [4.69, 9.17) is 0 Å². The standard InChI is InChI=1S/C17H19N4O2/c1-13-5-7-14(8-6-13)19-17-16(21(22)23)15(9-10-18-17)20-11-3-2-4-12-20/h3,5-10H,2,4,11-12H2,1H3,(H,18,19). The van der Waals surface area contributed by atoms with Gasteiger partial charge in [0.05, 0.1) is 4.92 Å². The van der Waals surface area contributed by atoms with Gasteiger partial charge in [0, 0.05) is 25.0 Å². The van der Waals surface area contributed by atoms with Gasteiger partial charge in [-0.15, -0.1) is 0 Å². The molecule has 6 heteroatoms. The molecular weight excluding hydrogens is 292 g/mol. The van der Waals surface area contributed by atoms with Crippen molar-refractivity contribution in [2.75, 3.05) is 23.3 Å². The molecule has 0 atom stereocenters. The summed E-state index contributed by atoms with van der Waals surface area (Å²) >= 11 is 0. The normalized spacial score (nSPS) is 14.6. The third-order valence-electron chi connectivity index (χ3n) is 3.93. The molecule has 6 nitrogen and oxygen atoms in total. The molecule has 1 radical (unpaired) electrons. The largest absolute Gasteiger partial charge is 0.366 e. The summed E-state index contributed by atoms with van der Waals surface area (Å²) in [7, 11) is 0. The van der Waals surface area contributed by atoms with Gasteiger partial charge in [0.2, 0.25) is 5.82 Å². The van der Waals surface area contributed by atoms with Crippen LogP contribution in [0, 0.1) is 23.5 Å². The van der Waals surface area contributed by atoms with Crippen molar-refractivity contribution < 1.29 is 4.92 Å². The summed E-state index contributed by atoms with van der Waals surface area (Å²) in [4.78, 5) is 17.5. The molecule has 0 aliphatic carbocycles. The van der Waals surface area contributed by atoms with E-state index < -0.39 is 0 Å². The summed E-state index contributed by atoms with van der Waals surface area (Å²) in [5, 5.41) is 14.7. The van der Waals surface area contributed by atoms with Crippen molar-refractivity contribution in [3.05, 3.63) is 58.6 Å². The zero-order valence-corrected chi connectivity index (χ0v) is 13.0. The van der Waals surface area contributed by atoms with Crippen molar-refractivity contribution in [1.29, 1.82) is 0 Å². The van der Waals surface area contributed by atoms with E-state index in [0.717, 1.165) is 37.2 Å². The van der Waals surface area contributed by atoms with Gasteiger partial charge in [-0.2, -0.15) is 0 Å². The fourth-order valence-electron chi connectivity index (χ4n) is 2.73. The Bertz CT molecular complexity index is 694. The number of aromatic nitrogens is 1. The highest BCUT2D eigenvalue weighted by Gasteiger charge is 2.26. The number of anilines is 3. The van der Waals surface area contributed by atoms with Gasteiger partial charge in [0.15, 0.2) is 0 Å². The second kappa shape index (κ2) is 6.64. The van der Waals surface area contributed by atoms with Crippen LogP contribution in [0.1, 0.15) is 18.4 Å². The smallest absolute Gasteiger partial charge is 0.334 e. The first-order valence-corrected chi connectivity index (χ1v) is 7.69. The fourth-order valence-corrected chi connectivity index (χ4v) is 2.73. The van der Waals surface area contributed by atoms with Gasteiger partial charge in [0.1, 0.15) is 5.69 Å². The molecule has 1 aliphatic rings. The number of aryl methyl sites for hydroxylation is 1. The molecule has 0 amide bonds. The summed E-state index contributed by atoms with van der Waals surface area (Å²) in [6, 6.07) is 9.41. The molecule has 2 aromatic rings. The number of rotatable bonds is 4. The minimum atomic E-state index is -0.354. The van der Waals surface area contributed by atoms with Crippen LogP contribution in [0.5, 0.6) is 0 Å². The molecule has 1 aromatic carbocycles. The van der Waals surface area contributed by atoms with Gasteiger partial charge >= 0.3 is 5.69 Å². The van der Waals surface area contributed by atoms with Crippen LogP contribution in [0.25, 0.3) is 0 Å². The van der Waals surface area contributed by atoms with E-state index in [0.29, 0.717) is 5.69 Å². The maximum absolute atomic E-state index is 11.6. The first kappa shape index (κ1) is 15.3. The Morgan fingerprint density at radius 2 is 2.04 bits per heavy atom. The molecule has 2 heterocycles. The second-order valence-corrected chi connectivity index (χ2v) is 5.65. The van der Waals surface area contributed by atoms with Crippen molar-refractivity contribution in [2.24, 2.45) is 0 Å². The molecule has 119 valence electrons. The Labute approximate surface area is 135 Å². The van der Waals surface area contributed by atoms with Gasteiger partial charge in [0.25, 0.3) is 0 Å². The van der Waals surface area contributed by atoms with Crippen molar-refractivity contribution in [3.63, 3.8) is 0 Å². The van der Waals surface area contributed by atoms with Crippen molar-refractivity contribution in [3.8, 4) is 0 Å². The molecule has 1 fully saturated rings. The lowest BCUT2D eigenvalue weighted by molar-refractivity contribution is -0.383. The van der Waals surface area contributed by atoms with Crippen LogP contribution < -0.4 is 10.2 Å². The summed E-state index contributed by atoms with van der Waals surface area (Å²) in [5.41, 5.74) is 2.57. The van der Waals surface area contributed by atoms with Crippen LogP contribution in [0.2, 0.25) is 0 Å². The lowest BCUT2D eigenvalue weighted by Gasteiger charge is -2.28. The van der Waals surface area contributed by atoms with Crippen LogP contribution in [0.15, 0.2) is 36.5 Å². The van der Waals surface area contributed by atoms with E-state index >= 15 is 0 Å². The van der Waals surface area contributed by atoms with E-state index in [-0.39, 0.29) is 16.4 Å². The van der Waals surface area contributed by atoms with Crippen LogP contribution in [-0.2, 0) is 0 Å². The van der Waals surface area contributed by atoms with Crippen molar-refractivity contribution >= 4 is 22.9 Å². The molecule has 1 N–H and O–H groups in total. The number of hydrogen-bond acceptors (Lipinski definition) is 5. The van der Waals surface area contributed by atoms with Crippen LogP contribution in [-0.4, -0.2) is 23.0 Å². The average molecular weight is 311 g/mol. The van der Waals surface area contributed by atoms with Crippen LogP contribution >= 0.6 is 0 Å². The Morgan fingerprint density at radius 3 is 2.70 bits per heavy atom. The molecule has 0 spiro atoms. The number of benzene rings is 1. The minimum Gasteiger partial charge on any atom is -0.366 e. The Morgan fingerprint density at radius 1 is 1.26 bits per heavy atom. The predicted octanol–water partition coefficient (Wildman–Crippen LogP) is 3.85. The predicted molar refractivity (Wildman–Crippen MR) is 91.1 cm³/mol. The van der Waals surface area contributed by atoms with Gasteiger partial charge in [-0.3, -0.25) is 10.1 Å². The summed E-state index contributed by atoms with van der Waals surface area (Å²) < 4.78 is 0. The average Bonchev–Trinajstić information content (AvgIpc) is 2.57. The third kappa shape index (κ3) is 3.41. The first-order chi connectivity index (χ1) is 11.1. The van der Waals surface area contributed by atoms with Gasteiger partial charge in [-0.05, 0) is 44.4 Å². The molecule has 1 aromatic heterocycles. The molecule has 0 unspecified atom stereocenters. The highest BCUT2D eigenvalue weighted by molar-refractivity contribution is 5.77. The lowest BCUT2D eigenvalue weighted by Crippen LogP contribution is -2.30. The zero-order chi connectivity index (χ0) is 16.2. The van der Waals surface area contributed by atoms with Crippen LogP contribution in [0.4, 0.5) is 22.9 Å². The zero-order valence-electron chi connectivity index (χ0n) is 13.0. The number of pyridine rings is 1. The molecule has 0 saturated carbocycles. The molecule has 1 aliphatic heterocycles. The molecular formula is C17H19N4O2. The summed E-state index contributed by atoms with van der Waals surface area (Å²) in [6.07, 6.45) is 5.85. The maximum Gasteiger partial charge on any atom is 0.334 e. The van der Waals surface area contributed by atoms with E-state index in [9.17, 15) is 10.1 Å². The van der Waals surface area contributed by atoms with Crippen molar-refractivity contribution in [1.82, 2.24) is 4.98 Å². The summed E-state index contributed by atoms with van der Waals surface area (Å²) in [5.74, 6) is 0.280. The topological polar surface area (TPSA) is 71.3 Å². The molecule has 1 saturated heterocycles. The number of piperidine rings is 1. The molecule has 3 rings (SSSR count). The second-order valence-electron chi connectivity index (χ2n) is 5.65. The Hall–Kier alpha value is -2.63. The van der Waals surface area contributed by atoms with Crippen LogP contribution in [0.3, 0.4) is 0 Å².